The number of rotatable bonds is 2. The van der Waals surface area contributed by atoms with E-state index in [2.05, 4.69) is 0 Å². The zero-order valence-electron chi connectivity index (χ0n) is 16.3. The van der Waals surface area contributed by atoms with Crippen molar-refractivity contribution in [1.82, 2.24) is 0 Å². The van der Waals surface area contributed by atoms with Crippen LogP contribution in [0, 0.1) is 11.8 Å². The Bertz CT molecular complexity index is 1240. The second kappa shape index (κ2) is 6.42. The van der Waals surface area contributed by atoms with Crippen molar-refractivity contribution in [2.24, 2.45) is 11.8 Å². The maximum Gasteiger partial charge on any atom is 0.239 e. The van der Waals surface area contributed by atoms with Crippen molar-refractivity contribution in [3.8, 4) is 0 Å². The number of imide groups is 1. The van der Waals surface area contributed by atoms with Gasteiger partial charge in [-0.15, -0.1) is 0 Å². The van der Waals surface area contributed by atoms with E-state index in [0.29, 0.717) is 10.7 Å². The van der Waals surface area contributed by atoms with Crippen molar-refractivity contribution >= 4 is 40.7 Å². The molecule has 3 aliphatic carbocycles. The molecule has 0 radical (unpaired) electrons. The van der Waals surface area contributed by atoms with Gasteiger partial charge in [-0.3, -0.25) is 9.59 Å². The molecule has 0 unspecified atom stereocenters. The highest BCUT2D eigenvalue weighted by Gasteiger charge is 2.68. The summed E-state index contributed by atoms with van der Waals surface area (Å²) in [4.78, 5) is 28.8. The first-order valence-corrected chi connectivity index (χ1v) is 10.9. The summed E-state index contributed by atoms with van der Waals surface area (Å²) in [7, 11) is 0. The highest BCUT2D eigenvalue weighted by Crippen LogP contribution is 2.64. The van der Waals surface area contributed by atoms with E-state index in [1.54, 1.807) is 18.2 Å². The first kappa shape index (κ1) is 19.1. The number of anilines is 1. The van der Waals surface area contributed by atoms with Crippen LogP contribution >= 0.6 is 23.2 Å². The van der Waals surface area contributed by atoms with Crippen molar-refractivity contribution in [2.45, 2.75) is 11.3 Å². The number of nitrogens with zero attached hydrogens (tertiary/aromatic N) is 1. The quantitative estimate of drug-likeness (QED) is 0.584. The molecule has 1 fully saturated rings. The Hall–Kier alpha value is -2.66. The van der Waals surface area contributed by atoms with Crippen molar-refractivity contribution in [3.63, 3.8) is 0 Å². The average molecular weight is 450 g/mol. The topological polar surface area (TPSA) is 57.6 Å². The van der Waals surface area contributed by atoms with Crippen molar-refractivity contribution in [1.29, 1.82) is 0 Å². The second-order valence-electron chi connectivity index (χ2n) is 8.40. The van der Waals surface area contributed by atoms with Crippen LogP contribution in [0.25, 0.3) is 0 Å². The van der Waals surface area contributed by atoms with Crippen LogP contribution in [0.2, 0.25) is 10.0 Å². The standard InChI is InChI=1S/C25H17Cl2NO3/c26-18-10-9-13(11-19(18)27)28-23(30)21-20-14-5-1-3-7-16(14)25(12-29,22(21)24(28)31)17-8-4-2-6-15(17)20/h1-11,20-22,29H,12H2/t20?,21-,22-,25?/m0/s1. The zero-order chi connectivity index (χ0) is 21.5. The van der Waals surface area contributed by atoms with Crippen LogP contribution in [0.15, 0.2) is 66.7 Å². The highest BCUT2D eigenvalue weighted by atomic mass is 35.5. The van der Waals surface area contributed by atoms with Gasteiger partial charge in [0, 0.05) is 5.92 Å². The van der Waals surface area contributed by atoms with Crippen LogP contribution in [0.5, 0.6) is 0 Å². The van der Waals surface area contributed by atoms with Gasteiger partial charge in [-0.1, -0.05) is 71.7 Å². The molecule has 2 bridgehead atoms. The minimum atomic E-state index is -0.968. The molecule has 2 amide bonds. The highest BCUT2D eigenvalue weighted by molar-refractivity contribution is 6.42. The summed E-state index contributed by atoms with van der Waals surface area (Å²) < 4.78 is 0. The summed E-state index contributed by atoms with van der Waals surface area (Å²) in [6, 6.07) is 20.5. The fraction of sp³-hybridized carbons (Fsp3) is 0.200. The summed E-state index contributed by atoms with van der Waals surface area (Å²) in [5.74, 6) is -2.08. The summed E-state index contributed by atoms with van der Waals surface area (Å²) in [6.07, 6.45) is 0. The molecule has 1 aliphatic heterocycles. The number of amides is 2. The minimum absolute atomic E-state index is 0.241. The Morgan fingerprint density at radius 3 is 2.03 bits per heavy atom. The smallest absolute Gasteiger partial charge is 0.239 e. The van der Waals surface area contributed by atoms with E-state index in [1.165, 1.54) is 4.90 Å². The van der Waals surface area contributed by atoms with Crippen molar-refractivity contribution in [3.05, 3.63) is 99.0 Å². The first-order chi connectivity index (χ1) is 15.0. The third-order valence-electron chi connectivity index (χ3n) is 7.20. The predicted octanol–water partition coefficient (Wildman–Crippen LogP) is 4.54. The van der Waals surface area contributed by atoms with Gasteiger partial charge in [0.25, 0.3) is 0 Å². The summed E-state index contributed by atoms with van der Waals surface area (Å²) in [5, 5.41) is 11.5. The Labute approximate surface area is 189 Å². The third kappa shape index (κ3) is 2.20. The molecular weight excluding hydrogens is 433 g/mol. The van der Waals surface area contributed by atoms with Crippen LogP contribution in [0.3, 0.4) is 0 Å². The Morgan fingerprint density at radius 2 is 1.45 bits per heavy atom. The van der Waals surface area contributed by atoms with Gasteiger partial charge in [0.2, 0.25) is 11.8 Å². The lowest BCUT2D eigenvalue weighted by Crippen LogP contribution is -2.55. The molecular formula is C25H17Cl2NO3. The lowest BCUT2D eigenvalue weighted by Gasteiger charge is -2.53. The van der Waals surface area contributed by atoms with E-state index in [9.17, 15) is 14.7 Å². The number of benzene rings is 3. The predicted molar refractivity (Wildman–Crippen MR) is 119 cm³/mol. The maximum atomic E-state index is 13.8. The molecule has 6 heteroatoms. The molecule has 3 aromatic rings. The van der Waals surface area contributed by atoms with Gasteiger partial charge < -0.3 is 5.11 Å². The largest absolute Gasteiger partial charge is 0.395 e. The molecule has 0 saturated carbocycles. The van der Waals surface area contributed by atoms with E-state index in [4.69, 9.17) is 23.2 Å². The zero-order valence-corrected chi connectivity index (χ0v) is 17.8. The second-order valence-corrected chi connectivity index (χ2v) is 9.21. The van der Waals surface area contributed by atoms with Crippen molar-refractivity contribution < 1.29 is 14.7 Å². The maximum absolute atomic E-state index is 13.8. The molecule has 0 aromatic heterocycles. The van der Waals surface area contributed by atoms with E-state index in [-0.39, 0.29) is 29.4 Å². The number of carbonyl (C=O) groups excluding carboxylic acids is 2. The monoisotopic (exact) mass is 449 g/mol. The fourth-order valence-electron chi connectivity index (χ4n) is 6.08. The van der Waals surface area contributed by atoms with E-state index >= 15 is 0 Å². The van der Waals surface area contributed by atoms with Crippen LogP contribution in [0.1, 0.15) is 28.2 Å². The molecule has 0 spiro atoms. The molecule has 4 nitrogen and oxygen atoms in total. The van der Waals surface area contributed by atoms with Crippen LogP contribution in [-0.2, 0) is 15.0 Å². The number of halogens is 2. The lowest BCUT2D eigenvalue weighted by molar-refractivity contribution is -0.124. The molecule has 7 rings (SSSR count). The van der Waals surface area contributed by atoms with Crippen LogP contribution in [0.4, 0.5) is 5.69 Å². The fourth-order valence-corrected chi connectivity index (χ4v) is 6.37. The van der Waals surface area contributed by atoms with Gasteiger partial charge >= 0.3 is 0 Å². The van der Waals surface area contributed by atoms with Gasteiger partial charge in [-0.25, -0.2) is 4.90 Å². The summed E-state index contributed by atoms with van der Waals surface area (Å²) >= 11 is 12.2. The Morgan fingerprint density at radius 1 is 0.839 bits per heavy atom. The minimum Gasteiger partial charge on any atom is -0.395 e. The average Bonchev–Trinajstić information content (AvgIpc) is 3.07. The first-order valence-electron chi connectivity index (χ1n) is 10.1. The summed E-state index contributed by atoms with van der Waals surface area (Å²) in [5.41, 5.74) is 3.31. The molecule has 2 atom stereocenters. The molecule has 31 heavy (non-hydrogen) atoms. The van der Waals surface area contributed by atoms with Gasteiger partial charge in [0.15, 0.2) is 0 Å². The van der Waals surface area contributed by atoms with Gasteiger partial charge in [-0.2, -0.15) is 0 Å². The van der Waals surface area contributed by atoms with E-state index in [0.717, 1.165) is 22.3 Å². The summed E-state index contributed by atoms with van der Waals surface area (Å²) in [6.45, 7) is -0.261. The molecule has 4 aliphatic rings. The van der Waals surface area contributed by atoms with Crippen LogP contribution < -0.4 is 4.90 Å². The molecule has 1 saturated heterocycles. The number of hydrogen-bond acceptors (Lipinski definition) is 3. The van der Waals surface area contributed by atoms with Gasteiger partial charge in [-0.05, 0) is 40.5 Å². The molecule has 154 valence electrons. The Kier molecular flexibility index (Phi) is 3.95. The number of aliphatic hydroxyl groups is 1. The molecule has 1 N–H and O–H groups in total. The lowest BCUT2D eigenvalue weighted by atomic mass is 9.47. The SMILES string of the molecule is O=C1[C@@H]2[C@@H](C(=O)N1c1ccc(Cl)c(Cl)c1)C1c3ccccc3C2(CO)c2ccccc21. The van der Waals surface area contributed by atoms with E-state index < -0.39 is 17.3 Å². The number of aliphatic hydroxyl groups excluding tert-OH is 1. The Balaban J connectivity index is 1.62. The van der Waals surface area contributed by atoms with Gasteiger partial charge in [0.05, 0.1) is 39.6 Å². The van der Waals surface area contributed by atoms with Crippen molar-refractivity contribution in [2.75, 3.05) is 11.5 Å². The van der Waals surface area contributed by atoms with Gasteiger partial charge in [0.1, 0.15) is 0 Å². The van der Waals surface area contributed by atoms with E-state index in [1.807, 2.05) is 48.5 Å². The molecule has 3 aromatic carbocycles. The number of hydrogen-bond donors (Lipinski definition) is 1. The third-order valence-corrected chi connectivity index (χ3v) is 7.94. The molecule has 1 heterocycles. The van der Waals surface area contributed by atoms with Crippen LogP contribution in [-0.4, -0.2) is 23.5 Å². The number of carbonyl (C=O) groups is 2. The normalized spacial score (nSPS) is 27.8.